The number of esters is 1. The first-order valence-corrected chi connectivity index (χ1v) is 8.87. The predicted molar refractivity (Wildman–Crippen MR) is 92.9 cm³/mol. The largest absolute Gasteiger partial charge is 0.469 e. The summed E-state index contributed by atoms with van der Waals surface area (Å²) in [6, 6.07) is 9.51. The molecule has 0 spiro atoms. The van der Waals surface area contributed by atoms with E-state index in [1.54, 1.807) is 12.1 Å². The molecular formula is C17H14FNO3S2. The number of rotatable bonds is 5. The number of nitrogens with one attached hydrogen (secondary N) is 1. The van der Waals surface area contributed by atoms with Crippen LogP contribution in [0.2, 0.25) is 0 Å². The highest BCUT2D eigenvalue weighted by atomic mass is 32.1. The molecule has 1 N–H and O–H groups in total. The molecule has 1 aromatic carbocycles. The third-order valence-electron chi connectivity index (χ3n) is 3.52. The number of hydrogen-bond donors (Lipinski definition) is 1. The molecule has 0 fully saturated rings. The van der Waals surface area contributed by atoms with Crippen LogP contribution in [0.15, 0.2) is 41.8 Å². The summed E-state index contributed by atoms with van der Waals surface area (Å²) in [6.45, 7) is 0. The molecule has 3 rings (SSSR count). The number of carbonyl (C=O) groups excluding carboxylic acids is 2. The molecule has 0 aliphatic carbocycles. The lowest BCUT2D eigenvalue weighted by Gasteiger charge is -2.15. The van der Waals surface area contributed by atoms with Gasteiger partial charge in [0.2, 0.25) is 0 Å². The number of thiophene rings is 2. The fourth-order valence-electron chi connectivity index (χ4n) is 2.33. The van der Waals surface area contributed by atoms with Gasteiger partial charge in [0.05, 0.1) is 24.4 Å². The van der Waals surface area contributed by atoms with Crippen LogP contribution in [0.3, 0.4) is 0 Å². The minimum atomic E-state index is -0.472. The summed E-state index contributed by atoms with van der Waals surface area (Å²) < 4.78 is 19.2. The number of ether oxygens (including phenoxy) is 1. The molecule has 0 aliphatic heterocycles. The van der Waals surface area contributed by atoms with E-state index >= 15 is 0 Å². The summed E-state index contributed by atoms with van der Waals surface area (Å²) in [7, 11) is 1.31. The van der Waals surface area contributed by atoms with Crippen molar-refractivity contribution in [2.45, 2.75) is 12.5 Å². The summed E-state index contributed by atoms with van der Waals surface area (Å²) in [5.41, 5.74) is 0. The smallest absolute Gasteiger partial charge is 0.307 e. The third kappa shape index (κ3) is 3.47. The zero-order valence-corrected chi connectivity index (χ0v) is 14.4. The van der Waals surface area contributed by atoms with Crippen LogP contribution in [0.4, 0.5) is 4.39 Å². The number of benzene rings is 1. The molecule has 0 aliphatic rings. The lowest BCUT2D eigenvalue weighted by Crippen LogP contribution is -2.29. The van der Waals surface area contributed by atoms with Crippen molar-refractivity contribution in [3.63, 3.8) is 0 Å². The Morgan fingerprint density at radius 2 is 2.12 bits per heavy atom. The zero-order chi connectivity index (χ0) is 17.1. The molecule has 1 amide bonds. The molecule has 124 valence electrons. The summed E-state index contributed by atoms with van der Waals surface area (Å²) in [6.07, 6.45) is 0.0437. The van der Waals surface area contributed by atoms with Crippen molar-refractivity contribution in [1.29, 1.82) is 0 Å². The lowest BCUT2D eigenvalue weighted by molar-refractivity contribution is -0.141. The maximum absolute atomic E-state index is 13.8. The predicted octanol–water partition coefficient (Wildman–Crippen LogP) is 4.14. The first-order chi connectivity index (χ1) is 11.6. The van der Waals surface area contributed by atoms with Crippen LogP contribution in [0.5, 0.6) is 0 Å². The van der Waals surface area contributed by atoms with Crippen LogP contribution in [0, 0.1) is 5.82 Å². The van der Waals surface area contributed by atoms with Gasteiger partial charge in [-0.2, -0.15) is 0 Å². The molecule has 1 unspecified atom stereocenters. The van der Waals surface area contributed by atoms with E-state index in [2.05, 4.69) is 5.32 Å². The van der Waals surface area contributed by atoms with Crippen molar-refractivity contribution in [3.8, 4) is 0 Å². The van der Waals surface area contributed by atoms with Crippen LogP contribution < -0.4 is 5.32 Å². The van der Waals surface area contributed by atoms with E-state index in [1.165, 1.54) is 41.9 Å². The molecule has 0 saturated carbocycles. The summed E-state index contributed by atoms with van der Waals surface area (Å²) in [4.78, 5) is 25.4. The van der Waals surface area contributed by atoms with Crippen molar-refractivity contribution in [2.24, 2.45) is 0 Å². The Balaban J connectivity index is 1.84. The second-order valence-corrected chi connectivity index (χ2v) is 7.15. The molecule has 4 nitrogen and oxygen atoms in total. The Morgan fingerprint density at radius 3 is 2.79 bits per heavy atom. The molecule has 3 aromatic rings. The van der Waals surface area contributed by atoms with Gasteiger partial charge >= 0.3 is 5.97 Å². The molecule has 0 saturated heterocycles. The number of hydrogen-bond acceptors (Lipinski definition) is 5. The maximum Gasteiger partial charge on any atom is 0.307 e. The molecule has 0 bridgehead atoms. The quantitative estimate of drug-likeness (QED) is 0.693. The highest BCUT2D eigenvalue weighted by molar-refractivity contribution is 7.20. The number of carbonyl (C=O) groups is 2. The minimum absolute atomic E-state index is 0.0437. The van der Waals surface area contributed by atoms with Gasteiger partial charge in [0.15, 0.2) is 0 Å². The van der Waals surface area contributed by atoms with Gasteiger partial charge in [0, 0.05) is 15.0 Å². The van der Waals surface area contributed by atoms with Gasteiger partial charge in [0.25, 0.3) is 5.91 Å². The van der Waals surface area contributed by atoms with Crippen LogP contribution in [-0.4, -0.2) is 19.0 Å². The molecule has 0 radical (unpaired) electrons. The van der Waals surface area contributed by atoms with Crippen molar-refractivity contribution >= 4 is 44.6 Å². The molecule has 7 heteroatoms. The van der Waals surface area contributed by atoms with Crippen molar-refractivity contribution < 1.29 is 18.7 Å². The van der Waals surface area contributed by atoms with Gasteiger partial charge in [-0.15, -0.1) is 22.7 Å². The highest BCUT2D eigenvalue weighted by Crippen LogP contribution is 2.29. The molecule has 2 heterocycles. The fraction of sp³-hybridized carbons (Fsp3) is 0.176. The molecule has 1 atom stereocenters. The monoisotopic (exact) mass is 363 g/mol. The summed E-state index contributed by atoms with van der Waals surface area (Å²) >= 11 is 2.67. The average Bonchev–Trinajstić information content (AvgIpc) is 3.24. The standard InChI is InChI=1S/C17H14FNO3S2/c1-22-16(20)9-12(14-6-3-7-23-14)19-17(21)15-8-10-11(18)4-2-5-13(10)24-15/h2-8,12H,9H2,1H3,(H,19,21). The van der Waals surface area contributed by atoms with E-state index < -0.39 is 12.0 Å². The number of methoxy groups -OCH3 is 1. The second kappa shape index (κ2) is 7.11. The van der Waals surface area contributed by atoms with E-state index in [9.17, 15) is 14.0 Å². The maximum atomic E-state index is 13.8. The third-order valence-corrected chi connectivity index (χ3v) is 5.61. The highest BCUT2D eigenvalue weighted by Gasteiger charge is 2.22. The zero-order valence-electron chi connectivity index (χ0n) is 12.7. The van der Waals surface area contributed by atoms with Crippen LogP contribution >= 0.6 is 22.7 Å². The number of halogens is 1. The SMILES string of the molecule is COC(=O)CC(NC(=O)c1cc2c(F)cccc2s1)c1cccs1. The van der Waals surface area contributed by atoms with E-state index in [4.69, 9.17) is 4.74 Å². The van der Waals surface area contributed by atoms with Crippen molar-refractivity contribution in [2.75, 3.05) is 7.11 Å². The van der Waals surface area contributed by atoms with Crippen LogP contribution in [0.25, 0.3) is 10.1 Å². The van der Waals surface area contributed by atoms with E-state index in [0.717, 1.165) is 4.88 Å². The van der Waals surface area contributed by atoms with Crippen molar-refractivity contribution in [3.05, 3.63) is 57.3 Å². The normalized spacial score (nSPS) is 12.1. The molecular weight excluding hydrogens is 349 g/mol. The van der Waals surface area contributed by atoms with E-state index in [0.29, 0.717) is 15.0 Å². The second-order valence-electron chi connectivity index (χ2n) is 5.08. The Kier molecular flexibility index (Phi) is 4.92. The molecule has 24 heavy (non-hydrogen) atoms. The Labute approximate surface area is 145 Å². The Hall–Kier alpha value is -2.25. The summed E-state index contributed by atoms with van der Waals surface area (Å²) in [5.74, 6) is -1.10. The number of amides is 1. The average molecular weight is 363 g/mol. The van der Waals surface area contributed by atoms with Gasteiger partial charge in [-0.1, -0.05) is 12.1 Å². The van der Waals surface area contributed by atoms with Gasteiger partial charge < -0.3 is 10.1 Å². The minimum Gasteiger partial charge on any atom is -0.469 e. The van der Waals surface area contributed by atoms with E-state index in [1.807, 2.05) is 17.5 Å². The van der Waals surface area contributed by atoms with Crippen LogP contribution in [0.1, 0.15) is 27.0 Å². The van der Waals surface area contributed by atoms with Crippen LogP contribution in [-0.2, 0) is 9.53 Å². The van der Waals surface area contributed by atoms with Gasteiger partial charge in [-0.05, 0) is 29.6 Å². The summed E-state index contributed by atoms with van der Waals surface area (Å²) in [5, 5.41) is 5.14. The first kappa shape index (κ1) is 16.6. The van der Waals surface area contributed by atoms with Crippen molar-refractivity contribution in [1.82, 2.24) is 5.32 Å². The fourth-order valence-corrected chi connectivity index (χ4v) is 4.09. The Bertz CT molecular complexity index is 873. The van der Waals surface area contributed by atoms with Gasteiger partial charge in [-0.25, -0.2) is 4.39 Å². The Morgan fingerprint density at radius 1 is 1.29 bits per heavy atom. The van der Waals surface area contributed by atoms with E-state index in [-0.39, 0.29) is 18.1 Å². The number of fused-ring (bicyclic) bond motifs is 1. The van der Waals surface area contributed by atoms with Gasteiger partial charge in [-0.3, -0.25) is 9.59 Å². The first-order valence-electron chi connectivity index (χ1n) is 7.17. The van der Waals surface area contributed by atoms with Gasteiger partial charge in [0.1, 0.15) is 5.82 Å². The molecule has 2 aromatic heterocycles. The lowest BCUT2D eigenvalue weighted by atomic mass is 10.1. The topological polar surface area (TPSA) is 55.4 Å².